The van der Waals surface area contributed by atoms with Crippen molar-refractivity contribution in [1.29, 1.82) is 0 Å². The first kappa shape index (κ1) is 33.8. The summed E-state index contributed by atoms with van der Waals surface area (Å²) in [4.78, 5) is 19.6. The maximum atomic E-state index is 14.5. The molecule has 2 fully saturated rings. The second kappa shape index (κ2) is 15.4. The maximum Gasteiger partial charge on any atom is 0.300 e. The Balaban J connectivity index is 0.000000177. The Morgan fingerprint density at radius 1 is 0.812 bits per heavy atom. The summed E-state index contributed by atoms with van der Waals surface area (Å²) in [6.07, 6.45) is 12.9. The molecule has 0 saturated heterocycles. The number of hydrogen-bond donors (Lipinski definition) is 1. The first-order valence-electron chi connectivity index (χ1n) is 17.6. The van der Waals surface area contributed by atoms with Crippen molar-refractivity contribution in [3.8, 4) is 17.5 Å². The van der Waals surface area contributed by atoms with Crippen LogP contribution in [-0.4, -0.2) is 47.5 Å². The molecule has 2 N–H and O–H groups in total. The zero-order chi connectivity index (χ0) is 33.5. The van der Waals surface area contributed by atoms with Crippen LogP contribution in [0.25, 0.3) is 0 Å². The van der Waals surface area contributed by atoms with E-state index in [-0.39, 0.29) is 29.9 Å². The van der Waals surface area contributed by atoms with Gasteiger partial charge in [-0.3, -0.25) is 9.36 Å². The number of nitrogens with zero attached hydrogens (tertiary/aromatic N) is 3. The van der Waals surface area contributed by atoms with Crippen molar-refractivity contribution in [2.24, 2.45) is 10.7 Å². The Bertz CT molecular complexity index is 1570. The molecule has 2 aliphatic carbocycles. The number of benzene rings is 2. The van der Waals surface area contributed by atoms with Crippen molar-refractivity contribution >= 4 is 6.02 Å². The number of alkyl halides is 1. The van der Waals surface area contributed by atoms with Gasteiger partial charge in [0.15, 0.2) is 12.2 Å². The van der Waals surface area contributed by atoms with Crippen LogP contribution in [0.3, 0.4) is 0 Å². The van der Waals surface area contributed by atoms with Gasteiger partial charge in [0.05, 0.1) is 18.8 Å². The van der Waals surface area contributed by atoms with Gasteiger partial charge in [-0.2, -0.15) is 4.98 Å². The number of rotatable bonds is 9. The molecule has 9 nitrogen and oxygen atoms in total. The molecule has 2 aliphatic heterocycles. The summed E-state index contributed by atoms with van der Waals surface area (Å²) in [7, 11) is 0. The molecule has 4 aliphatic rings. The summed E-state index contributed by atoms with van der Waals surface area (Å²) in [6, 6.07) is 18.5. The molecule has 3 aromatic rings. The lowest BCUT2D eigenvalue weighted by molar-refractivity contribution is 0.141. The third-order valence-corrected chi connectivity index (χ3v) is 9.78. The van der Waals surface area contributed by atoms with E-state index in [0.717, 1.165) is 17.4 Å². The van der Waals surface area contributed by atoms with Crippen LogP contribution in [0.15, 0.2) is 64.4 Å². The fraction of sp³-hybridized carbons (Fsp3) is 0.553. The van der Waals surface area contributed by atoms with Crippen LogP contribution in [0.5, 0.6) is 17.5 Å². The van der Waals surface area contributed by atoms with Crippen LogP contribution < -0.4 is 25.5 Å². The van der Waals surface area contributed by atoms with Crippen LogP contribution in [0.4, 0.5) is 4.39 Å². The van der Waals surface area contributed by atoms with Crippen LogP contribution >= 0.6 is 0 Å². The summed E-state index contributed by atoms with van der Waals surface area (Å²) in [5, 5.41) is 0. The van der Waals surface area contributed by atoms with Crippen LogP contribution in [0.1, 0.15) is 107 Å². The summed E-state index contributed by atoms with van der Waals surface area (Å²) in [6.45, 7) is 4.65. The molecule has 1 aromatic heterocycles. The van der Waals surface area contributed by atoms with Gasteiger partial charge in [-0.05, 0) is 86.8 Å². The van der Waals surface area contributed by atoms with Crippen LogP contribution in [0, 0.1) is 0 Å². The van der Waals surface area contributed by atoms with E-state index in [4.69, 9.17) is 24.7 Å². The molecule has 2 saturated carbocycles. The molecule has 2 aromatic carbocycles. The van der Waals surface area contributed by atoms with E-state index in [9.17, 15) is 9.18 Å². The summed E-state index contributed by atoms with van der Waals surface area (Å²) in [5.74, 6) is 3.08. The number of nitrogens with two attached hydrogens (primary N) is 1. The van der Waals surface area contributed by atoms with E-state index in [1.165, 1.54) is 95.2 Å². The molecule has 2 atom stereocenters. The van der Waals surface area contributed by atoms with Crippen molar-refractivity contribution in [3.05, 3.63) is 81.8 Å². The highest BCUT2D eigenvalue weighted by Gasteiger charge is 2.32. The molecule has 0 unspecified atom stereocenters. The number of fused-ring (bicyclic) bond motifs is 1. The van der Waals surface area contributed by atoms with Crippen LogP contribution in [-0.2, 0) is 17.0 Å². The lowest BCUT2D eigenvalue weighted by Gasteiger charge is -2.22. The molecule has 48 heavy (non-hydrogen) atoms. The number of aliphatic imine (C=N–C) groups is 1. The van der Waals surface area contributed by atoms with Gasteiger partial charge in [0.1, 0.15) is 30.4 Å². The molecular weight excluding hydrogens is 611 g/mol. The molecule has 0 amide bonds. The molecule has 0 spiro atoms. The number of hydrogen-bond acceptors (Lipinski definition) is 8. The predicted molar refractivity (Wildman–Crippen MR) is 184 cm³/mol. The molecular formula is C38H49FN4O5. The average molecular weight is 661 g/mol. The third-order valence-electron chi connectivity index (χ3n) is 9.78. The van der Waals surface area contributed by atoms with Gasteiger partial charge in [-0.15, -0.1) is 0 Å². The normalized spacial score (nSPS) is 21.3. The van der Waals surface area contributed by atoms with Crippen molar-refractivity contribution < 1.29 is 23.3 Å². The zero-order valence-electron chi connectivity index (χ0n) is 28.2. The average Bonchev–Trinajstić information content (AvgIpc) is 3.72. The van der Waals surface area contributed by atoms with E-state index >= 15 is 0 Å². The minimum Gasteiger partial charge on any atom is -0.490 e. The summed E-state index contributed by atoms with van der Waals surface area (Å²) in [5.41, 5.74) is 6.44. The smallest absolute Gasteiger partial charge is 0.300 e. The molecule has 7 rings (SSSR count). The van der Waals surface area contributed by atoms with Crippen LogP contribution in [0.2, 0.25) is 0 Å². The first-order chi connectivity index (χ1) is 23.2. The van der Waals surface area contributed by atoms with Gasteiger partial charge in [0, 0.05) is 6.07 Å². The van der Waals surface area contributed by atoms with E-state index in [2.05, 4.69) is 46.4 Å². The highest BCUT2D eigenvalue weighted by molar-refractivity contribution is 5.73. The zero-order valence-corrected chi connectivity index (χ0v) is 28.2. The number of halogens is 1. The van der Waals surface area contributed by atoms with Gasteiger partial charge in [-0.1, -0.05) is 62.8 Å². The molecule has 258 valence electrons. The number of aromatic nitrogens is 2. The van der Waals surface area contributed by atoms with E-state index in [0.29, 0.717) is 32.2 Å². The van der Waals surface area contributed by atoms with E-state index < -0.39 is 11.2 Å². The van der Waals surface area contributed by atoms with Gasteiger partial charge < -0.3 is 24.7 Å². The lowest BCUT2D eigenvalue weighted by Crippen LogP contribution is -2.25. The van der Waals surface area contributed by atoms with Crippen molar-refractivity contribution in [1.82, 2.24) is 9.55 Å². The van der Waals surface area contributed by atoms with Crippen molar-refractivity contribution in [3.63, 3.8) is 0 Å². The Morgan fingerprint density at radius 3 is 1.81 bits per heavy atom. The van der Waals surface area contributed by atoms with Gasteiger partial charge >= 0.3 is 6.01 Å². The largest absolute Gasteiger partial charge is 0.490 e. The first-order valence-corrected chi connectivity index (χ1v) is 17.6. The second-order valence-electron chi connectivity index (χ2n) is 13.9. The second-order valence-corrected chi connectivity index (χ2v) is 13.9. The molecule has 3 heterocycles. The van der Waals surface area contributed by atoms with Gasteiger partial charge in [0.2, 0.25) is 0 Å². The van der Waals surface area contributed by atoms with Crippen molar-refractivity contribution in [2.45, 2.75) is 114 Å². The Hall–Kier alpha value is -4.08. The van der Waals surface area contributed by atoms with E-state index in [1.54, 1.807) is 4.57 Å². The minimum absolute atomic E-state index is 0.0481. The Kier molecular flexibility index (Phi) is 10.9. The highest BCUT2D eigenvalue weighted by Crippen LogP contribution is 2.35. The SMILES string of the molecule is CC(C)(F)c1cc(=O)nc2n1C[C@@H](COc1ccc(C3CCCCC3)cc1)O2.NC1=NC[C@@H](COc2ccc(C3CCCCC3)cc2)O1. The molecule has 10 heteroatoms. The van der Waals surface area contributed by atoms with E-state index in [1.807, 2.05) is 12.1 Å². The summed E-state index contributed by atoms with van der Waals surface area (Å²) >= 11 is 0. The van der Waals surface area contributed by atoms with Gasteiger partial charge in [0.25, 0.3) is 11.6 Å². The van der Waals surface area contributed by atoms with Crippen molar-refractivity contribution in [2.75, 3.05) is 19.8 Å². The standard InChI is InChI=1S/C22H27FN2O3.C16H22N2O2/c1-22(2,23)19-12-20(26)24-21-25(19)13-18(28-21)14-27-17-10-8-16(9-11-17)15-6-4-3-5-7-15;17-16-18-10-15(20-16)11-19-14-8-6-13(7-9-14)12-4-2-1-3-5-12/h8-12,15,18H,3-7,13-14H2,1-2H3;6-9,12,15H,1-5,10-11H2,(H2,17,18)/t18-;15-/m00/s1. The fourth-order valence-electron chi connectivity index (χ4n) is 7.17. The lowest BCUT2D eigenvalue weighted by atomic mass is 9.84. The fourth-order valence-corrected chi connectivity index (χ4v) is 7.17. The monoisotopic (exact) mass is 660 g/mol. The molecule has 0 radical (unpaired) electrons. The molecule has 0 bridgehead atoms. The highest BCUT2D eigenvalue weighted by atomic mass is 19.1. The summed E-state index contributed by atoms with van der Waals surface area (Å²) < 4.78 is 38.7. The predicted octanol–water partition coefficient (Wildman–Crippen LogP) is 7.16. The van der Waals surface area contributed by atoms with Gasteiger partial charge in [-0.25, -0.2) is 9.38 Å². The Labute approximate surface area is 282 Å². The number of amidine groups is 1. The minimum atomic E-state index is -1.65. The topological polar surface area (TPSA) is 110 Å². The third kappa shape index (κ3) is 8.88. The number of ether oxygens (including phenoxy) is 4. The quantitative estimate of drug-likeness (QED) is 0.259. The Morgan fingerprint density at radius 2 is 1.33 bits per heavy atom. The maximum absolute atomic E-state index is 14.5.